The van der Waals surface area contributed by atoms with Crippen LogP contribution in [0.1, 0.15) is 13.3 Å². The molecular weight excluding hydrogens is 218 g/mol. The fourth-order valence-electron chi connectivity index (χ4n) is 1.21. The largest absolute Gasteiger partial charge is 0.466 e. The molecule has 0 bridgehead atoms. The van der Waals surface area contributed by atoms with Gasteiger partial charge in [-0.15, -0.1) is 0 Å². The number of ketones is 1. The van der Waals surface area contributed by atoms with Crippen LogP contribution in [-0.2, 0) is 14.3 Å². The van der Waals surface area contributed by atoms with Crippen molar-refractivity contribution in [2.75, 3.05) is 25.4 Å². The third-order valence-corrected chi connectivity index (χ3v) is 2.75. The predicted octanol–water partition coefficient (Wildman–Crippen LogP) is 0.677. The zero-order valence-electron chi connectivity index (χ0n) is 8.52. The van der Waals surface area contributed by atoms with Crippen molar-refractivity contribution in [2.45, 2.75) is 13.3 Å². The Bertz CT molecular complexity index is 279. The van der Waals surface area contributed by atoms with E-state index in [9.17, 15) is 14.4 Å². The van der Waals surface area contributed by atoms with Gasteiger partial charge in [0.05, 0.1) is 13.2 Å². The molecule has 1 rings (SSSR count). The number of carbonyl (C=O) groups excluding carboxylic acids is 3. The number of Topliss-reactive ketones (excluding diaryl/α,β-unsaturated/α-hetero) is 1. The molecule has 0 unspecified atom stereocenters. The standard InChI is InChI=1S/C9H13NO4S/c1-2-14-8(12)5-7(11)6-10-3-4-15-9(10)13/h2-6H2,1H3. The Labute approximate surface area is 92.1 Å². The number of hydrogen-bond donors (Lipinski definition) is 0. The molecule has 0 spiro atoms. The van der Waals surface area contributed by atoms with E-state index in [2.05, 4.69) is 4.74 Å². The molecule has 15 heavy (non-hydrogen) atoms. The van der Waals surface area contributed by atoms with Crippen LogP contribution in [0.5, 0.6) is 0 Å². The monoisotopic (exact) mass is 231 g/mol. The highest BCUT2D eigenvalue weighted by Crippen LogP contribution is 2.16. The molecule has 0 saturated carbocycles. The number of nitrogens with zero attached hydrogens (tertiary/aromatic N) is 1. The molecule has 0 atom stereocenters. The highest BCUT2D eigenvalue weighted by atomic mass is 32.2. The lowest BCUT2D eigenvalue weighted by Gasteiger charge is -2.12. The van der Waals surface area contributed by atoms with E-state index < -0.39 is 5.97 Å². The van der Waals surface area contributed by atoms with Gasteiger partial charge in [-0.05, 0) is 6.92 Å². The molecule has 1 fully saturated rings. The Morgan fingerprint density at radius 1 is 1.53 bits per heavy atom. The maximum absolute atomic E-state index is 11.3. The van der Waals surface area contributed by atoms with Crippen molar-refractivity contribution in [3.63, 3.8) is 0 Å². The lowest BCUT2D eigenvalue weighted by molar-refractivity contribution is -0.145. The Kier molecular flexibility index (Phi) is 4.61. The van der Waals surface area contributed by atoms with Gasteiger partial charge < -0.3 is 9.64 Å². The lowest BCUT2D eigenvalue weighted by atomic mass is 10.2. The predicted molar refractivity (Wildman–Crippen MR) is 55.7 cm³/mol. The van der Waals surface area contributed by atoms with E-state index in [0.29, 0.717) is 12.3 Å². The van der Waals surface area contributed by atoms with E-state index >= 15 is 0 Å². The Morgan fingerprint density at radius 2 is 2.27 bits per heavy atom. The molecule has 0 aromatic heterocycles. The summed E-state index contributed by atoms with van der Waals surface area (Å²) in [7, 11) is 0. The Morgan fingerprint density at radius 3 is 2.80 bits per heavy atom. The molecular formula is C9H13NO4S. The normalized spacial score (nSPS) is 15.5. The quantitative estimate of drug-likeness (QED) is 0.514. The van der Waals surface area contributed by atoms with Gasteiger partial charge in [-0.3, -0.25) is 14.4 Å². The maximum Gasteiger partial charge on any atom is 0.313 e. The molecule has 6 heteroatoms. The van der Waals surface area contributed by atoms with Crippen LogP contribution >= 0.6 is 11.8 Å². The second-order valence-corrected chi connectivity index (χ2v) is 4.10. The van der Waals surface area contributed by atoms with Crippen molar-refractivity contribution < 1.29 is 19.1 Å². The van der Waals surface area contributed by atoms with Gasteiger partial charge in [0.15, 0.2) is 5.78 Å². The van der Waals surface area contributed by atoms with Crippen LogP contribution in [0.15, 0.2) is 0 Å². The highest BCUT2D eigenvalue weighted by Gasteiger charge is 2.24. The number of carbonyl (C=O) groups is 3. The van der Waals surface area contributed by atoms with E-state index in [1.165, 1.54) is 16.7 Å². The second kappa shape index (κ2) is 5.75. The average Bonchev–Trinajstić information content (AvgIpc) is 2.52. The van der Waals surface area contributed by atoms with E-state index in [0.717, 1.165) is 0 Å². The second-order valence-electron chi connectivity index (χ2n) is 3.06. The van der Waals surface area contributed by atoms with E-state index in [1.54, 1.807) is 6.92 Å². The molecule has 0 aliphatic carbocycles. The van der Waals surface area contributed by atoms with Crippen LogP contribution in [-0.4, -0.2) is 47.3 Å². The summed E-state index contributed by atoms with van der Waals surface area (Å²) in [5.74, 6) is -0.0861. The molecule has 5 nitrogen and oxygen atoms in total. The first kappa shape index (κ1) is 12.0. The first-order valence-electron chi connectivity index (χ1n) is 4.72. The van der Waals surface area contributed by atoms with Gasteiger partial charge in [-0.2, -0.15) is 0 Å². The summed E-state index contributed by atoms with van der Waals surface area (Å²) in [4.78, 5) is 34.9. The van der Waals surface area contributed by atoms with Crippen LogP contribution in [0.2, 0.25) is 0 Å². The minimum Gasteiger partial charge on any atom is -0.466 e. The van der Waals surface area contributed by atoms with Crippen molar-refractivity contribution in [3.8, 4) is 0 Å². The number of ether oxygens (including phenoxy) is 1. The number of thioether (sulfide) groups is 1. The minimum atomic E-state index is -0.526. The summed E-state index contributed by atoms with van der Waals surface area (Å²) < 4.78 is 4.64. The van der Waals surface area contributed by atoms with Gasteiger partial charge in [-0.25, -0.2) is 0 Å². The van der Waals surface area contributed by atoms with Gasteiger partial charge in [0, 0.05) is 12.3 Å². The van der Waals surface area contributed by atoms with Crippen molar-refractivity contribution in [3.05, 3.63) is 0 Å². The SMILES string of the molecule is CCOC(=O)CC(=O)CN1CCSC1=O. The first-order chi connectivity index (χ1) is 7.13. The van der Waals surface area contributed by atoms with Crippen LogP contribution in [0.25, 0.3) is 0 Å². The molecule has 0 radical (unpaired) electrons. The molecule has 1 saturated heterocycles. The van der Waals surface area contributed by atoms with Crippen LogP contribution in [0.4, 0.5) is 4.79 Å². The molecule has 0 aromatic carbocycles. The van der Waals surface area contributed by atoms with Crippen molar-refractivity contribution in [1.82, 2.24) is 4.90 Å². The molecule has 0 N–H and O–H groups in total. The molecule has 1 aliphatic heterocycles. The Hall–Kier alpha value is -1.04. The smallest absolute Gasteiger partial charge is 0.313 e. The highest BCUT2D eigenvalue weighted by molar-refractivity contribution is 8.13. The summed E-state index contributed by atoms with van der Waals surface area (Å²) >= 11 is 1.20. The third-order valence-electron chi connectivity index (χ3n) is 1.86. The van der Waals surface area contributed by atoms with E-state index in [1.807, 2.05) is 0 Å². The molecule has 1 aliphatic rings. The summed E-state index contributed by atoms with van der Waals surface area (Å²) in [6.45, 7) is 2.55. The maximum atomic E-state index is 11.3. The van der Waals surface area contributed by atoms with E-state index in [4.69, 9.17) is 0 Å². The summed E-state index contributed by atoms with van der Waals surface area (Å²) in [6, 6.07) is 0. The topological polar surface area (TPSA) is 63.7 Å². The minimum absolute atomic E-state index is 0.0185. The molecule has 84 valence electrons. The average molecular weight is 231 g/mol. The van der Waals surface area contributed by atoms with Crippen LogP contribution in [0.3, 0.4) is 0 Å². The summed E-state index contributed by atoms with van der Waals surface area (Å²) in [6.07, 6.45) is -0.248. The number of hydrogen-bond acceptors (Lipinski definition) is 5. The summed E-state index contributed by atoms with van der Waals surface area (Å²) in [5.41, 5.74) is 0. The number of amides is 1. The van der Waals surface area contributed by atoms with E-state index in [-0.39, 0.29) is 30.6 Å². The molecule has 1 heterocycles. The van der Waals surface area contributed by atoms with Gasteiger partial charge in [-0.1, -0.05) is 11.8 Å². The zero-order chi connectivity index (χ0) is 11.3. The van der Waals surface area contributed by atoms with Crippen LogP contribution in [0, 0.1) is 0 Å². The van der Waals surface area contributed by atoms with Gasteiger partial charge in [0.25, 0.3) is 5.24 Å². The molecule has 0 aromatic rings. The third kappa shape index (κ3) is 3.91. The Balaban J connectivity index is 2.29. The van der Waals surface area contributed by atoms with Gasteiger partial charge in [0.1, 0.15) is 6.42 Å². The fraction of sp³-hybridized carbons (Fsp3) is 0.667. The zero-order valence-corrected chi connectivity index (χ0v) is 9.34. The van der Waals surface area contributed by atoms with Gasteiger partial charge >= 0.3 is 5.97 Å². The lowest BCUT2D eigenvalue weighted by Crippen LogP contribution is -2.31. The fourth-order valence-corrected chi connectivity index (χ4v) is 2.04. The molecule has 1 amide bonds. The summed E-state index contributed by atoms with van der Waals surface area (Å²) in [5, 5.41) is -0.0905. The van der Waals surface area contributed by atoms with Crippen molar-refractivity contribution >= 4 is 28.8 Å². The van der Waals surface area contributed by atoms with Crippen molar-refractivity contribution in [1.29, 1.82) is 0 Å². The number of esters is 1. The van der Waals surface area contributed by atoms with Crippen molar-refractivity contribution in [2.24, 2.45) is 0 Å². The number of rotatable bonds is 5. The van der Waals surface area contributed by atoms with Gasteiger partial charge in [0.2, 0.25) is 0 Å². The van der Waals surface area contributed by atoms with Crippen LogP contribution < -0.4 is 0 Å². The first-order valence-corrected chi connectivity index (χ1v) is 5.71.